The van der Waals surface area contributed by atoms with E-state index in [0.29, 0.717) is 6.54 Å². The van der Waals surface area contributed by atoms with E-state index in [2.05, 4.69) is 21.9 Å². The second-order valence-electron chi connectivity index (χ2n) is 9.37. The second kappa shape index (κ2) is 7.95. The lowest BCUT2D eigenvalue weighted by atomic mass is 9.98. The Labute approximate surface area is 192 Å². The second-order valence-corrected chi connectivity index (χ2v) is 9.37. The molecule has 0 spiro atoms. The first kappa shape index (κ1) is 20.3. The third-order valence-corrected chi connectivity index (χ3v) is 7.00. The molecule has 4 aliphatic rings. The molecular formula is C23H29N9O. The lowest BCUT2D eigenvalue weighted by Gasteiger charge is -2.35. The summed E-state index contributed by atoms with van der Waals surface area (Å²) in [4.78, 5) is 27.3. The van der Waals surface area contributed by atoms with E-state index >= 15 is 0 Å². The van der Waals surface area contributed by atoms with E-state index in [4.69, 9.17) is 15.8 Å². The third-order valence-electron chi connectivity index (χ3n) is 7.00. The molecule has 0 saturated carbocycles. The number of likely N-dealkylation sites (tertiary alicyclic amines) is 1. The van der Waals surface area contributed by atoms with Crippen LogP contribution in [0.3, 0.4) is 0 Å². The standard InChI is InChI=1S/C23H29N9O/c1-15-12-32-21(27-22(15)29-10-7-16(24)13-29)11-17(28-32)19-5-2-3-9-30(19)23(33)18-14-31-20(26-18)6-4-8-25-31/h4,6,8,11-12,16,18-19H,2-3,5,7,9-10,13-14,24H2,1H3/t16-,18?,19-/m0/s1. The average Bonchev–Trinajstić information content (AvgIpc) is 3.55. The third kappa shape index (κ3) is 3.58. The van der Waals surface area contributed by atoms with E-state index in [9.17, 15) is 4.79 Å². The molecule has 0 aromatic carbocycles. The number of amidine groups is 1. The number of piperidine rings is 1. The Hall–Kier alpha value is -3.27. The Kier molecular flexibility index (Phi) is 4.90. The molecule has 0 radical (unpaired) electrons. The Morgan fingerprint density at radius 3 is 2.91 bits per heavy atom. The molecule has 33 heavy (non-hydrogen) atoms. The maximum Gasteiger partial charge on any atom is 0.249 e. The molecule has 4 aliphatic heterocycles. The van der Waals surface area contributed by atoms with E-state index in [0.717, 1.165) is 73.9 Å². The van der Waals surface area contributed by atoms with E-state index in [1.54, 1.807) is 11.2 Å². The lowest BCUT2D eigenvalue weighted by molar-refractivity contribution is -0.136. The van der Waals surface area contributed by atoms with Crippen LogP contribution < -0.4 is 10.6 Å². The summed E-state index contributed by atoms with van der Waals surface area (Å²) in [5.74, 6) is 1.79. The predicted octanol–water partition coefficient (Wildman–Crippen LogP) is 1.27. The first-order valence-corrected chi connectivity index (χ1v) is 11.8. The molecule has 1 unspecified atom stereocenters. The SMILES string of the molecule is Cc1cn2nc([C@@H]3CCCCN3C(=O)C3CN4N=CC=CC4=N3)cc2nc1N1CC[C@H](N)C1. The van der Waals surface area contributed by atoms with Gasteiger partial charge in [0.05, 0.1) is 18.3 Å². The van der Waals surface area contributed by atoms with Crippen LogP contribution in [0.2, 0.25) is 0 Å². The molecule has 2 fully saturated rings. The highest BCUT2D eigenvalue weighted by atomic mass is 16.2. The molecule has 3 atom stereocenters. The number of aromatic nitrogens is 3. The summed E-state index contributed by atoms with van der Waals surface area (Å²) in [6, 6.07) is 1.74. The number of carbonyl (C=O) groups is 1. The smallest absolute Gasteiger partial charge is 0.249 e. The largest absolute Gasteiger partial charge is 0.355 e. The topological polar surface area (TPSA) is 108 Å². The van der Waals surface area contributed by atoms with Crippen molar-refractivity contribution in [2.24, 2.45) is 15.8 Å². The Morgan fingerprint density at radius 1 is 1.18 bits per heavy atom. The van der Waals surface area contributed by atoms with E-state index in [1.165, 1.54) is 0 Å². The summed E-state index contributed by atoms with van der Waals surface area (Å²) < 4.78 is 1.84. The molecular weight excluding hydrogens is 418 g/mol. The zero-order chi connectivity index (χ0) is 22.5. The first-order chi connectivity index (χ1) is 16.1. The minimum Gasteiger partial charge on any atom is -0.355 e. The van der Waals surface area contributed by atoms with E-state index in [-0.39, 0.29) is 18.0 Å². The molecule has 2 aromatic rings. The lowest BCUT2D eigenvalue weighted by Crippen LogP contribution is -2.45. The fourth-order valence-corrected chi connectivity index (χ4v) is 5.32. The van der Waals surface area contributed by atoms with Crippen LogP contribution in [0.4, 0.5) is 5.82 Å². The van der Waals surface area contributed by atoms with Crippen molar-refractivity contribution in [3.63, 3.8) is 0 Å². The van der Waals surface area contributed by atoms with Crippen LogP contribution in [0.15, 0.2) is 34.5 Å². The van der Waals surface area contributed by atoms with Gasteiger partial charge in [-0.05, 0) is 44.8 Å². The number of hydrogen-bond donors (Lipinski definition) is 1. The monoisotopic (exact) mass is 447 g/mol. The van der Waals surface area contributed by atoms with Crippen molar-refractivity contribution < 1.29 is 4.79 Å². The molecule has 6 heterocycles. The zero-order valence-electron chi connectivity index (χ0n) is 18.8. The summed E-state index contributed by atoms with van der Waals surface area (Å²) in [6.07, 6.45) is 11.5. The highest BCUT2D eigenvalue weighted by Crippen LogP contribution is 2.33. The van der Waals surface area contributed by atoms with E-state index in [1.807, 2.05) is 33.8 Å². The van der Waals surface area contributed by atoms with Crippen molar-refractivity contribution in [2.45, 2.75) is 50.7 Å². The van der Waals surface area contributed by atoms with Gasteiger partial charge in [-0.25, -0.2) is 14.5 Å². The normalized spacial score (nSPS) is 26.9. The number of anilines is 1. The zero-order valence-corrected chi connectivity index (χ0v) is 18.8. The predicted molar refractivity (Wildman–Crippen MR) is 126 cm³/mol. The van der Waals surface area contributed by atoms with Gasteiger partial charge in [-0.1, -0.05) is 0 Å². The van der Waals surface area contributed by atoms with Gasteiger partial charge in [-0.3, -0.25) is 9.79 Å². The summed E-state index contributed by atoms with van der Waals surface area (Å²) >= 11 is 0. The number of amides is 1. The average molecular weight is 448 g/mol. The number of rotatable bonds is 3. The van der Waals surface area contributed by atoms with Gasteiger partial charge < -0.3 is 15.5 Å². The van der Waals surface area contributed by atoms with Crippen LogP contribution in [0.1, 0.15) is 43.0 Å². The molecule has 2 saturated heterocycles. The molecule has 0 aliphatic carbocycles. The Morgan fingerprint density at radius 2 is 2.09 bits per heavy atom. The number of aliphatic imine (C=N–C) groups is 1. The van der Waals surface area contributed by atoms with Crippen molar-refractivity contribution in [2.75, 3.05) is 31.1 Å². The molecule has 10 heteroatoms. The van der Waals surface area contributed by atoms with Crippen molar-refractivity contribution in [1.29, 1.82) is 0 Å². The van der Waals surface area contributed by atoms with Gasteiger partial charge in [0.1, 0.15) is 11.7 Å². The van der Waals surface area contributed by atoms with Gasteiger partial charge in [-0.2, -0.15) is 10.2 Å². The fraction of sp³-hybridized carbons (Fsp3) is 0.522. The maximum absolute atomic E-state index is 13.5. The Bertz CT molecular complexity index is 1180. The Balaban J connectivity index is 1.28. The van der Waals surface area contributed by atoms with Gasteiger partial charge in [0, 0.05) is 49.7 Å². The molecule has 2 aromatic heterocycles. The number of nitrogens with two attached hydrogens (primary N) is 1. The number of hydrazone groups is 1. The van der Waals surface area contributed by atoms with Gasteiger partial charge in [0.15, 0.2) is 11.7 Å². The molecule has 6 rings (SSSR count). The summed E-state index contributed by atoms with van der Waals surface area (Å²) in [7, 11) is 0. The molecule has 172 valence electrons. The maximum atomic E-state index is 13.5. The number of nitrogens with zero attached hydrogens (tertiary/aromatic N) is 8. The molecule has 2 N–H and O–H groups in total. The van der Waals surface area contributed by atoms with Crippen LogP contribution in [0, 0.1) is 6.92 Å². The minimum atomic E-state index is -0.427. The van der Waals surface area contributed by atoms with Crippen molar-refractivity contribution in [3.05, 3.63) is 35.7 Å². The summed E-state index contributed by atoms with van der Waals surface area (Å²) in [5.41, 5.74) is 8.89. The van der Waals surface area contributed by atoms with Gasteiger partial charge in [0.2, 0.25) is 5.91 Å². The summed E-state index contributed by atoms with van der Waals surface area (Å²) in [6.45, 7) is 5.04. The van der Waals surface area contributed by atoms with Crippen LogP contribution in [-0.2, 0) is 4.79 Å². The highest BCUT2D eigenvalue weighted by molar-refractivity contribution is 6.02. The quantitative estimate of drug-likeness (QED) is 0.759. The van der Waals surface area contributed by atoms with Crippen LogP contribution in [0.5, 0.6) is 0 Å². The number of carbonyl (C=O) groups excluding carboxylic acids is 1. The highest BCUT2D eigenvalue weighted by Gasteiger charge is 2.37. The first-order valence-electron chi connectivity index (χ1n) is 11.8. The van der Waals surface area contributed by atoms with Crippen LogP contribution >= 0.6 is 0 Å². The van der Waals surface area contributed by atoms with Crippen molar-refractivity contribution in [1.82, 2.24) is 24.5 Å². The number of aryl methyl sites for hydroxylation is 1. The van der Waals surface area contributed by atoms with Gasteiger partial charge in [0.25, 0.3) is 0 Å². The number of hydrogen-bond acceptors (Lipinski definition) is 8. The summed E-state index contributed by atoms with van der Waals surface area (Å²) in [5, 5.41) is 11.0. The molecule has 10 nitrogen and oxygen atoms in total. The molecule has 1 amide bonds. The molecule has 0 bridgehead atoms. The number of fused-ring (bicyclic) bond motifs is 2. The minimum absolute atomic E-state index is 0.0538. The fourth-order valence-electron chi connectivity index (χ4n) is 5.32. The van der Waals surface area contributed by atoms with Crippen molar-refractivity contribution in [3.8, 4) is 0 Å². The van der Waals surface area contributed by atoms with Crippen molar-refractivity contribution >= 4 is 29.4 Å². The van der Waals surface area contributed by atoms with Gasteiger partial charge in [-0.15, -0.1) is 0 Å². The van der Waals surface area contributed by atoms with Crippen LogP contribution in [0.25, 0.3) is 5.65 Å². The van der Waals surface area contributed by atoms with Gasteiger partial charge >= 0.3 is 0 Å². The van der Waals surface area contributed by atoms with E-state index < -0.39 is 6.04 Å². The van der Waals surface area contributed by atoms with Crippen LogP contribution in [-0.4, -0.2) is 80.7 Å². The number of allylic oxidation sites excluding steroid dienone is 1.